The number of aryl methyl sites for hydroxylation is 1. The number of thiocarbonyl (C=S) groups is 1. The molecule has 1 amide bonds. The van der Waals surface area contributed by atoms with Gasteiger partial charge in [-0.1, -0.05) is 6.07 Å². The van der Waals surface area contributed by atoms with Gasteiger partial charge in [-0.25, -0.2) is 0 Å². The summed E-state index contributed by atoms with van der Waals surface area (Å²) in [5, 5.41) is 3.10. The van der Waals surface area contributed by atoms with Crippen molar-refractivity contribution in [2.75, 3.05) is 30.5 Å². The zero-order valence-corrected chi connectivity index (χ0v) is 11.6. The monoisotopic (exact) mass is 279 g/mol. The van der Waals surface area contributed by atoms with E-state index in [1.807, 2.05) is 18.2 Å². The topological polar surface area (TPSA) is 67.6 Å². The van der Waals surface area contributed by atoms with Crippen LogP contribution in [0.5, 0.6) is 0 Å². The first-order chi connectivity index (χ1) is 9.11. The van der Waals surface area contributed by atoms with Gasteiger partial charge in [-0.15, -0.1) is 0 Å². The molecule has 0 bridgehead atoms. The van der Waals surface area contributed by atoms with Gasteiger partial charge in [0.2, 0.25) is 0 Å². The number of methoxy groups -OCH3 is 1. The van der Waals surface area contributed by atoms with Crippen LogP contribution in [-0.2, 0) is 16.0 Å². The van der Waals surface area contributed by atoms with Gasteiger partial charge in [0.05, 0.1) is 0 Å². The number of rotatable bonds is 3. The summed E-state index contributed by atoms with van der Waals surface area (Å²) >= 11 is 4.82. The van der Waals surface area contributed by atoms with Crippen LogP contribution in [0.1, 0.15) is 12.0 Å². The number of carbonyl (C=O) groups is 1. The van der Waals surface area contributed by atoms with Crippen LogP contribution in [0, 0.1) is 0 Å². The lowest BCUT2D eigenvalue weighted by Gasteiger charge is -2.29. The SMILES string of the molecule is COCC(=O)N1CCCc2ccc(NC(N)=S)cc21. The summed E-state index contributed by atoms with van der Waals surface area (Å²) in [4.78, 5) is 13.8. The van der Waals surface area contributed by atoms with Crippen LogP contribution in [0.25, 0.3) is 0 Å². The molecule has 2 rings (SSSR count). The lowest BCUT2D eigenvalue weighted by atomic mass is 10.0. The van der Waals surface area contributed by atoms with Gasteiger partial charge in [-0.05, 0) is 42.8 Å². The average molecular weight is 279 g/mol. The van der Waals surface area contributed by atoms with Gasteiger partial charge in [-0.2, -0.15) is 0 Å². The molecule has 1 heterocycles. The highest BCUT2D eigenvalue weighted by Crippen LogP contribution is 2.30. The third kappa shape index (κ3) is 3.21. The Balaban J connectivity index is 2.29. The first-order valence-electron chi connectivity index (χ1n) is 6.10. The number of nitrogens with zero attached hydrogens (tertiary/aromatic N) is 1. The van der Waals surface area contributed by atoms with Crippen molar-refractivity contribution < 1.29 is 9.53 Å². The predicted molar refractivity (Wildman–Crippen MR) is 79.4 cm³/mol. The molecule has 0 atom stereocenters. The Morgan fingerprint density at radius 3 is 3.05 bits per heavy atom. The Kier molecular flexibility index (Phi) is 4.34. The van der Waals surface area contributed by atoms with E-state index in [2.05, 4.69) is 5.32 Å². The van der Waals surface area contributed by atoms with E-state index in [9.17, 15) is 4.79 Å². The van der Waals surface area contributed by atoms with Gasteiger partial charge in [0.25, 0.3) is 5.91 Å². The van der Waals surface area contributed by atoms with E-state index in [1.54, 1.807) is 4.90 Å². The maximum atomic E-state index is 12.0. The number of ether oxygens (including phenoxy) is 1. The summed E-state index contributed by atoms with van der Waals surface area (Å²) in [6.07, 6.45) is 1.93. The average Bonchev–Trinajstić information content (AvgIpc) is 2.37. The number of nitrogens with one attached hydrogen (secondary N) is 1. The Bertz CT molecular complexity index is 505. The first-order valence-corrected chi connectivity index (χ1v) is 6.51. The van der Waals surface area contributed by atoms with E-state index in [1.165, 1.54) is 7.11 Å². The molecule has 0 unspecified atom stereocenters. The number of anilines is 2. The summed E-state index contributed by atoms with van der Waals surface area (Å²) < 4.78 is 4.92. The standard InChI is InChI=1S/C13H17N3O2S/c1-18-8-12(17)16-6-2-3-9-4-5-10(7-11(9)16)15-13(14)19/h4-5,7H,2-3,6,8H2,1H3,(H3,14,15,19). The number of amides is 1. The lowest BCUT2D eigenvalue weighted by Crippen LogP contribution is -2.37. The fraction of sp³-hybridized carbons (Fsp3) is 0.385. The summed E-state index contributed by atoms with van der Waals surface area (Å²) in [6, 6.07) is 5.83. The Labute approximate surface area is 117 Å². The fourth-order valence-electron chi connectivity index (χ4n) is 2.26. The van der Waals surface area contributed by atoms with Crippen LogP contribution in [-0.4, -0.2) is 31.3 Å². The molecule has 0 saturated heterocycles. The fourth-order valence-corrected chi connectivity index (χ4v) is 2.37. The highest BCUT2D eigenvalue weighted by molar-refractivity contribution is 7.80. The predicted octanol–water partition coefficient (Wildman–Crippen LogP) is 1.27. The molecule has 1 aliphatic heterocycles. The van der Waals surface area contributed by atoms with Crippen molar-refractivity contribution in [1.82, 2.24) is 0 Å². The highest BCUT2D eigenvalue weighted by atomic mass is 32.1. The Morgan fingerprint density at radius 2 is 2.37 bits per heavy atom. The van der Waals surface area contributed by atoms with Crippen LogP contribution in [0.4, 0.5) is 11.4 Å². The number of fused-ring (bicyclic) bond motifs is 1. The molecule has 1 aromatic rings. The van der Waals surface area contributed by atoms with Crippen molar-refractivity contribution in [2.24, 2.45) is 5.73 Å². The number of hydrogen-bond donors (Lipinski definition) is 2. The minimum Gasteiger partial charge on any atom is -0.376 e. The molecule has 19 heavy (non-hydrogen) atoms. The van der Waals surface area contributed by atoms with Gasteiger partial charge in [0.15, 0.2) is 5.11 Å². The Morgan fingerprint density at radius 1 is 1.58 bits per heavy atom. The number of benzene rings is 1. The number of hydrogen-bond acceptors (Lipinski definition) is 3. The van der Waals surface area contributed by atoms with Crippen LogP contribution in [0.3, 0.4) is 0 Å². The molecule has 0 radical (unpaired) electrons. The molecule has 1 aliphatic rings. The van der Waals surface area contributed by atoms with E-state index >= 15 is 0 Å². The molecule has 0 fully saturated rings. The third-order valence-corrected chi connectivity index (χ3v) is 3.14. The molecule has 0 spiro atoms. The number of nitrogens with two attached hydrogens (primary N) is 1. The van der Waals surface area contributed by atoms with Crippen LogP contribution in [0.2, 0.25) is 0 Å². The quantitative estimate of drug-likeness (QED) is 0.816. The van der Waals surface area contributed by atoms with E-state index < -0.39 is 0 Å². The molecule has 0 saturated carbocycles. The minimum atomic E-state index is -0.0316. The lowest BCUT2D eigenvalue weighted by molar-refractivity contribution is -0.122. The van der Waals surface area contributed by atoms with Crippen LogP contribution in [0.15, 0.2) is 18.2 Å². The van der Waals surface area contributed by atoms with Crippen molar-refractivity contribution in [1.29, 1.82) is 0 Å². The summed E-state index contributed by atoms with van der Waals surface area (Å²) in [6.45, 7) is 0.804. The molecular formula is C13H17N3O2S. The van der Waals surface area contributed by atoms with Crippen molar-refractivity contribution in [3.8, 4) is 0 Å². The van der Waals surface area contributed by atoms with Crippen molar-refractivity contribution in [2.45, 2.75) is 12.8 Å². The van der Waals surface area contributed by atoms with Gasteiger partial charge in [0.1, 0.15) is 6.61 Å². The van der Waals surface area contributed by atoms with E-state index in [4.69, 9.17) is 22.7 Å². The van der Waals surface area contributed by atoms with Gasteiger partial charge in [-0.3, -0.25) is 4.79 Å². The van der Waals surface area contributed by atoms with Gasteiger partial charge in [0, 0.05) is 25.0 Å². The molecule has 0 aliphatic carbocycles. The highest BCUT2D eigenvalue weighted by Gasteiger charge is 2.22. The molecule has 1 aromatic carbocycles. The molecule has 3 N–H and O–H groups in total. The molecule has 6 heteroatoms. The molecule has 102 valence electrons. The van der Waals surface area contributed by atoms with Crippen molar-refractivity contribution in [3.05, 3.63) is 23.8 Å². The second-order valence-electron chi connectivity index (χ2n) is 4.41. The van der Waals surface area contributed by atoms with E-state index in [-0.39, 0.29) is 17.6 Å². The second kappa shape index (κ2) is 5.99. The minimum absolute atomic E-state index is 0.0316. The Hall–Kier alpha value is -1.66. The second-order valence-corrected chi connectivity index (χ2v) is 4.85. The number of carbonyl (C=O) groups excluding carboxylic acids is 1. The van der Waals surface area contributed by atoms with Crippen molar-refractivity contribution >= 4 is 34.6 Å². The zero-order chi connectivity index (χ0) is 13.8. The maximum absolute atomic E-state index is 12.0. The normalized spacial score (nSPS) is 13.8. The van der Waals surface area contributed by atoms with Gasteiger partial charge < -0.3 is 20.7 Å². The first kappa shape index (κ1) is 13.8. The molecule has 0 aromatic heterocycles. The maximum Gasteiger partial charge on any atom is 0.252 e. The smallest absolute Gasteiger partial charge is 0.252 e. The molecular weight excluding hydrogens is 262 g/mol. The van der Waals surface area contributed by atoms with E-state index in [0.29, 0.717) is 6.54 Å². The third-order valence-electron chi connectivity index (χ3n) is 3.04. The molecule has 5 nitrogen and oxygen atoms in total. The summed E-state index contributed by atoms with van der Waals surface area (Å²) in [5.41, 5.74) is 8.33. The van der Waals surface area contributed by atoms with Crippen LogP contribution >= 0.6 is 12.2 Å². The largest absolute Gasteiger partial charge is 0.376 e. The van der Waals surface area contributed by atoms with Crippen LogP contribution < -0.4 is 16.0 Å². The van der Waals surface area contributed by atoms with E-state index in [0.717, 1.165) is 29.8 Å². The zero-order valence-electron chi connectivity index (χ0n) is 10.8. The summed E-state index contributed by atoms with van der Waals surface area (Å²) in [5.74, 6) is -0.0316. The van der Waals surface area contributed by atoms with Gasteiger partial charge >= 0.3 is 0 Å². The van der Waals surface area contributed by atoms with Crippen molar-refractivity contribution in [3.63, 3.8) is 0 Å². The summed E-state index contributed by atoms with van der Waals surface area (Å²) in [7, 11) is 1.52.